The Balaban J connectivity index is 2.02. The highest BCUT2D eigenvalue weighted by Crippen LogP contribution is 2.27. The van der Waals surface area contributed by atoms with Gasteiger partial charge >= 0.3 is 0 Å². The van der Waals surface area contributed by atoms with Gasteiger partial charge in [0.2, 0.25) is 0 Å². The number of hydrogen-bond acceptors (Lipinski definition) is 3. The first kappa shape index (κ1) is 9.19. The monoisotopic (exact) mass is 197 g/mol. The Bertz CT molecular complexity index is 260. The van der Waals surface area contributed by atoms with Crippen LogP contribution < -0.4 is 0 Å². The zero-order chi connectivity index (χ0) is 9.26. The van der Waals surface area contributed by atoms with E-state index in [1.54, 1.807) is 11.3 Å². The Morgan fingerprint density at radius 3 is 3.08 bits per heavy atom. The van der Waals surface area contributed by atoms with E-state index in [4.69, 9.17) is 0 Å². The van der Waals surface area contributed by atoms with E-state index in [2.05, 4.69) is 29.3 Å². The van der Waals surface area contributed by atoms with E-state index in [1.165, 1.54) is 4.88 Å². The normalized spacial score (nSPS) is 26.5. The molecule has 2 unspecified atom stereocenters. The van der Waals surface area contributed by atoms with Crippen molar-refractivity contribution in [2.24, 2.45) is 0 Å². The van der Waals surface area contributed by atoms with Crippen LogP contribution in [-0.2, 0) is 0 Å². The second-order valence-corrected chi connectivity index (χ2v) is 4.61. The van der Waals surface area contributed by atoms with E-state index < -0.39 is 0 Å². The van der Waals surface area contributed by atoms with Crippen molar-refractivity contribution in [3.8, 4) is 0 Å². The molecule has 2 heterocycles. The van der Waals surface area contributed by atoms with E-state index >= 15 is 0 Å². The van der Waals surface area contributed by atoms with Gasteiger partial charge in [-0.1, -0.05) is 6.07 Å². The summed E-state index contributed by atoms with van der Waals surface area (Å²) in [5.41, 5.74) is 0. The van der Waals surface area contributed by atoms with Crippen LogP contribution in [0.1, 0.15) is 24.3 Å². The van der Waals surface area contributed by atoms with Crippen molar-refractivity contribution in [2.75, 3.05) is 13.1 Å². The number of nitrogens with zero attached hydrogens (tertiary/aromatic N) is 1. The summed E-state index contributed by atoms with van der Waals surface area (Å²) in [4.78, 5) is 3.74. The van der Waals surface area contributed by atoms with E-state index in [9.17, 15) is 5.11 Å². The molecule has 2 atom stereocenters. The van der Waals surface area contributed by atoms with E-state index in [0.717, 1.165) is 19.5 Å². The van der Waals surface area contributed by atoms with Crippen LogP contribution in [0.15, 0.2) is 17.5 Å². The maximum atomic E-state index is 9.41. The highest BCUT2D eigenvalue weighted by molar-refractivity contribution is 7.10. The van der Waals surface area contributed by atoms with Gasteiger partial charge in [0, 0.05) is 24.0 Å². The molecule has 13 heavy (non-hydrogen) atoms. The van der Waals surface area contributed by atoms with Crippen LogP contribution in [0.2, 0.25) is 0 Å². The van der Waals surface area contributed by atoms with Gasteiger partial charge in [-0.15, -0.1) is 11.3 Å². The lowest BCUT2D eigenvalue weighted by Gasteiger charge is -2.22. The van der Waals surface area contributed by atoms with Crippen LogP contribution >= 0.6 is 11.3 Å². The summed E-state index contributed by atoms with van der Waals surface area (Å²) < 4.78 is 0. The van der Waals surface area contributed by atoms with Crippen LogP contribution in [0.5, 0.6) is 0 Å². The minimum Gasteiger partial charge on any atom is -0.392 e. The van der Waals surface area contributed by atoms with E-state index in [0.29, 0.717) is 6.04 Å². The number of aliphatic hydroxyl groups is 1. The topological polar surface area (TPSA) is 23.5 Å². The second kappa shape index (κ2) is 3.78. The quantitative estimate of drug-likeness (QED) is 0.782. The number of hydrogen-bond donors (Lipinski definition) is 1. The first-order chi connectivity index (χ1) is 6.27. The summed E-state index contributed by atoms with van der Waals surface area (Å²) in [6, 6.07) is 4.72. The number of likely N-dealkylation sites (tertiary alicyclic amines) is 1. The van der Waals surface area contributed by atoms with Gasteiger partial charge in [0.05, 0.1) is 6.10 Å². The molecule has 1 aromatic heterocycles. The van der Waals surface area contributed by atoms with Crippen LogP contribution in [0, 0.1) is 0 Å². The SMILES string of the molecule is CC(c1cccs1)N1CCC(O)C1. The summed E-state index contributed by atoms with van der Waals surface area (Å²) in [7, 11) is 0. The largest absolute Gasteiger partial charge is 0.392 e. The van der Waals surface area contributed by atoms with Gasteiger partial charge in [-0.2, -0.15) is 0 Å². The summed E-state index contributed by atoms with van der Waals surface area (Å²) in [5, 5.41) is 11.5. The van der Waals surface area contributed by atoms with Crippen molar-refractivity contribution < 1.29 is 5.11 Å². The molecule has 1 aliphatic rings. The summed E-state index contributed by atoms with van der Waals surface area (Å²) in [6.07, 6.45) is 0.817. The molecule has 1 fully saturated rings. The molecule has 0 bridgehead atoms. The standard InChI is InChI=1S/C10H15NOS/c1-8(10-3-2-6-13-10)11-5-4-9(12)7-11/h2-3,6,8-9,12H,4-5,7H2,1H3. The first-order valence-corrected chi connectivity index (χ1v) is 5.61. The molecule has 0 amide bonds. The molecule has 72 valence electrons. The molecule has 2 rings (SSSR count). The molecule has 1 aliphatic heterocycles. The minimum atomic E-state index is -0.109. The number of thiophene rings is 1. The van der Waals surface area contributed by atoms with Gasteiger partial charge in [0.15, 0.2) is 0 Å². The van der Waals surface area contributed by atoms with Gasteiger partial charge < -0.3 is 5.11 Å². The lowest BCUT2D eigenvalue weighted by molar-refractivity contribution is 0.164. The van der Waals surface area contributed by atoms with E-state index in [-0.39, 0.29) is 6.10 Å². The predicted molar refractivity (Wildman–Crippen MR) is 54.9 cm³/mol. The number of aliphatic hydroxyl groups excluding tert-OH is 1. The van der Waals surface area contributed by atoms with Crippen molar-refractivity contribution in [1.29, 1.82) is 0 Å². The van der Waals surface area contributed by atoms with Crippen molar-refractivity contribution in [1.82, 2.24) is 4.90 Å². The Morgan fingerprint density at radius 2 is 2.54 bits per heavy atom. The Labute approximate surface area is 82.8 Å². The van der Waals surface area contributed by atoms with E-state index in [1.807, 2.05) is 0 Å². The predicted octanol–water partition coefficient (Wildman–Crippen LogP) is 1.88. The van der Waals surface area contributed by atoms with Crippen LogP contribution in [0.4, 0.5) is 0 Å². The maximum Gasteiger partial charge on any atom is 0.0679 e. The highest BCUT2D eigenvalue weighted by Gasteiger charge is 2.25. The molecular weight excluding hydrogens is 182 g/mol. The molecule has 0 aliphatic carbocycles. The summed E-state index contributed by atoms with van der Waals surface area (Å²) >= 11 is 1.80. The molecule has 0 spiro atoms. The average Bonchev–Trinajstić information content (AvgIpc) is 2.72. The van der Waals surface area contributed by atoms with Crippen molar-refractivity contribution in [3.05, 3.63) is 22.4 Å². The third-order valence-corrected chi connectivity index (χ3v) is 3.74. The lowest BCUT2D eigenvalue weighted by atomic mass is 10.2. The fourth-order valence-electron chi connectivity index (χ4n) is 1.83. The molecule has 0 radical (unpaired) electrons. The average molecular weight is 197 g/mol. The van der Waals surface area contributed by atoms with Gasteiger partial charge in [0.25, 0.3) is 0 Å². The van der Waals surface area contributed by atoms with Crippen molar-refractivity contribution in [3.63, 3.8) is 0 Å². The maximum absolute atomic E-state index is 9.41. The Hall–Kier alpha value is -0.380. The third kappa shape index (κ3) is 1.93. The van der Waals surface area contributed by atoms with Crippen molar-refractivity contribution >= 4 is 11.3 Å². The Kier molecular flexibility index (Phi) is 2.67. The number of rotatable bonds is 2. The molecule has 1 N–H and O–H groups in total. The molecular formula is C10H15NOS. The van der Waals surface area contributed by atoms with Gasteiger partial charge in [-0.3, -0.25) is 4.90 Å². The fourth-order valence-corrected chi connectivity index (χ4v) is 2.65. The van der Waals surface area contributed by atoms with Crippen LogP contribution in [0.3, 0.4) is 0 Å². The van der Waals surface area contributed by atoms with Crippen molar-refractivity contribution in [2.45, 2.75) is 25.5 Å². The Morgan fingerprint density at radius 1 is 1.69 bits per heavy atom. The highest BCUT2D eigenvalue weighted by atomic mass is 32.1. The molecule has 0 saturated carbocycles. The third-order valence-electron chi connectivity index (χ3n) is 2.70. The van der Waals surface area contributed by atoms with Gasteiger partial charge in [-0.25, -0.2) is 0 Å². The van der Waals surface area contributed by atoms with Gasteiger partial charge in [0.1, 0.15) is 0 Å². The van der Waals surface area contributed by atoms with Crippen LogP contribution in [0.25, 0.3) is 0 Å². The molecule has 2 nitrogen and oxygen atoms in total. The zero-order valence-corrected chi connectivity index (χ0v) is 8.63. The summed E-state index contributed by atoms with van der Waals surface area (Å²) in [6.45, 7) is 4.07. The molecule has 1 saturated heterocycles. The fraction of sp³-hybridized carbons (Fsp3) is 0.600. The minimum absolute atomic E-state index is 0.109. The second-order valence-electron chi connectivity index (χ2n) is 3.63. The zero-order valence-electron chi connectivity index (χ0n) is 7.81. The lowest BCUT2D eigenvalue weighted by Crippen LogP contribution is -2.24. The summed E-state index contributed by atoms with van der Waals surface area (Å²) in [5.74, 6) is 0. The number of β-amino-alcohol motifs (C(OH)–C–C–N with tert-alkyl or cyclic N) is 1. The first-order valence-electron chi connectivity index (χ1n) is 4.73. The molecule has 1 aromatic rings. The smallest absolute Gasteiger partial charge is 0.0679 e. The van der Waals surface area contributed by atoms with Crippen LogP contribution in [-0.4, -0.2) is 29.2 Å². The van der Waals surface area contributed by atoms with Gasteiger partial charge in [-0.05, 0) is 24.8 Å². The molecule has 0 aromatic carbocycles. The molecule has 3 heteroatoms.